The average molecular weight is 282 g/mol. The zero-order valence-corrected chi connectivity index (χ0v) is 11.5. The minimum absolute atomic E-state index is 0.0217. The van der Waals surface area contributed by atoms with E-state index >= 15 is 0 Å². The standard InChI is InChI=1S/C15H14N4O2/c1-11(7-12-5-3-2-4-6-12)18-15-14(19(20)21)8-13(9-16)10-17-15/h2-6,8,10-11H,7H2,1H3,(H,17,18). The SMILES string of the molecule is CC(Cc1ccccc1)Nc1ncc(C#N)cc1[N+](=O)[O-]. The topological polar surface area (TPSA) is 91.8 Å². The van der Waals surface area contributed by atoms with E-state index in [1.807, 2.05) is 43.3 Å². The molecule has 0 aliphatic heterocycles. The molecule has 0 bridgehead atoms. The summed E-state index contributed by atoms with van der Waals surface area (Å²) in [5, 5.41) is 22.9. The van der Waals surface area contributed by atoms with E-state index < -0.39 is 4.92 Å². The van der Waals surface area contributed by atoms with Gasteiger partial charge in [-0.05, 0) is 18.9 Å². The Balaban J connectivity index is 2.15. The lowest BCUT2D eigenvalue weighted by Crippen LogP contribution is -2.19. The molecule has 1 aromatic carbocycles. The molecule has 0 radical (unpaired) electrons. The van der Waals surface area contributed by atoms with Gasteiger partial charge in [0.1, 0.15) is 6.07 Å². The normalized spacial score (nSPS) is 11.4. The summed E-state index contributed by atoms with van der Waals surface area (Å²) in [4.78, 5) is 14.5. The molecule has 21 heavy (non-hydrogen) atoms. The molecular formula is C15H14N4O2. The van der Waals surface area contributed by atoms with Gasteiger partial charge in [-0.2, -0.15) is 5.26 Å². The summed E-state index contributed by atoms with van der Waals surface area (Å²) in [6, 6.07) is 12.9. The molecule has 0 aliphatic rings. The summed E-state index contributed by atoms with van der Waals surface area (Å²) in [6.07, 6.45) is 2.05. The Kier molecular flexibility index (Phi) is 4.46. The first-order chi connectivity index (χ1) is 10.1. The lowest BCUT2D eigenvalue weighted by atomic mass is 10.1. The Hall–Kier alpha value is -2.94. The number of nitro groups is 1. The lowest BCUT2D eigenvalue weighted by molar-refractivity contribution is -0.384. The fourth-order valence-corrected chi connectivity index (χ4v) is 2.02. The second-order valence-electron chi connectivity index (χ2n) is 4.70. The van der Waals surface area contributed by atoms with Crippen molar-refractivity contribution in [2.45, 2.75) is 19.4 Å². The Morgan fingerprint density at radius 1 is 1.43 bits per heavy atom. The molecule has 2 rings (SSSR count). The number of aromatic nitrogens is 1. The van der Waals surface area contributed by atoms with Gasteiger partial charge in [-0.3, -0.25) is 10.1 Å². The fourth-order valence-electron chi connectivity index (χ4n) is 2.02. The molecule has 0 fully saturated rings. The average Bonchev–Trinajstić information content (AvgIpc) is 2.48. The van der Waals surface area contributed by atoms with Crippen LogP contribution in [0.25, 0.3) is 0 Å². The van der Waals surface area contributed by atoms with Crippen LogP contribution in [0.5, 0.6) is 0 Å². The fraction of sp³-hybridized carbons (Fsp3) is 0.200. The zero-order valence-electron chi connectivity index (χ0n) is 11.5. The Labute approximate surface area is 122 Å². The molecule has 0 saturated heterocycles. The van der Waals surface area contributed by atoms with Gasteiger partial charge >= 0.3 is 5.69 Å². The van der Waals surface area contributed by atoms with Crippen molar-refractivity contribution in [3.05, 3.63) is 63.8 Å². The summed E-state index contributed by atoms with van der Waals surface area (Å²) in [5.74, 6) is 0.183. The maximum Gasteiger partial charge on any atom is 0.312 e. The van der Waals surface area contributed by atoms with Crippen molar-refractivity contribution in [1.82, 2.24) is 4.98 Å². The monoisotopic (exact) mass is 282 g/mol. The molecule has 0 spiro atoms. The van der Waals surface area contributed by atoms with Crippen molar-refractivity contribution in [2.24, 2.45) is 0 Å². The molecule has 0 saturated carbocycles. The van der Waals surface area contributed by atoms with Crippen LogP contribution in [-0.4, -0.2) is 15.9 Å². The van der Waals surface area contributed by atoms with Crippen LogP contribution < -0.4 is 5.32 Å². The molecule has 6 heteroatoms. The summed E-state index contributed by atoms with van der Waals surface area (Å²) in [7, 11) is 0. The number of hydrogen-bond acceptors (Lipinski definition) is 5. The first-order valence-electron chi connectivity index (χ1n) is 6.45. The van der Waals surface area contributed by atoms with Crippen LogP contribution in [0.15, 0.2) is 42.6 Å². The van der Waals surface area contributed by atoms with E-state index in [0.717, 1.165) is 12.0 Å². The van der Waals surface area contributed by atoms with Crippen LogP contribution in [0.1, 0.15) is 18.1 Å². The molecule has 1 aromatic heterocycles. The molecule has 2 aromatic rings. The predicted octanol–water partition coefficient (Wildman–Crippen LogP) is 2.90. The Morgan fingerprint density at radius 2 is 2.14 bits per heavy atom. The van der Waals surface area contributed by atoms with E-state index in [2.05, 4.69) is 10.3 Å². The highest BCUT2D eigenvalue weighted by Crippen LogP contribution is 2.23. The van der Waals surface area contributed by atoms with Crippen molar-refractivity contribution in [3.63, 3.8) is 0 Å². The smallest absolute Gasteiger partial charge is 0.312 e. The van der Waals surface area contributed by atoms with Gasteiger partial charge < -0.3 is 5.32 Å². The molecule has 0 aliphatic carbocycles. The van der Waals surface area contributed by atoms with Crippen molar-refractivity contribution in [3.8, 4) is 6.07 Å². The zero-order chi connectivity index (χ0) is 15.2. The van der Waals surface area contributed by atoms with Gasteiger partial charge in [0, 0.05) is 18.3 Å². The van der Waals surface area contributed by atoms with Gasteiger partial charge in [0.05, 0.1) is 10.5 Å². The second-order valence-corrected chi connectivity index (χ2v) is 4.70. The Bertz CT molecular complexity index is 680. The largest absolute Gasteiger partial charge is 0.362 e. The van der Waals surface area contributed by atoms with Crippen molar-refractivity contribution in [1.29, 1.82) is 5.26 Å². The van der Waals surface area contributed by atoms with Crippen molar-refractivity contribution < 1.29 is 4.92 Å². The third-order valence-corrected chi connectivity index (χ3v) is 2.96. The minimum atomic E-state index is -0.536. The molecule has 1 atom stereocenters. The van der Waals surface area contributed by atoms with Crippen LogP contribution in [0.2, 0.25) is 0 Å². The number of anilines is 1. The summed E-state index contributed by atoms with van der Waals surface area (Å²) < 4.78 is 0. The number of nitrogens with zero attached hydrogens (tertiary/aromatic N) is 3. The number of nitrogens with one attached hydrogen (secondary N) is 1. The van der Waals surface area contributed by atoms with Gasteiger partial charge in [-0.25, -0.2) is 4.98 Å². The van der Waals surface area contributed by atoms with Crippen LogP contribution in [0, 0.1) is 21.4 Å². The van der Waals surface area contributed by atoms with Crippen molar-refractivity contribution >= 4 is 11.5 Å². The number of rotatable bonds is 5. The number of pyridine rings is 1. The minimum Gasteiger partial charge on any atom is -0.362 e. The molecule has 6 nitrogen and oxygen atoms in total. The number of benzene rings is 1. The van der Waals surface area contributed by atoms with E-state index in [0.29, 0.717) is 0 Å². The van der Waals surface area contributed by atoms with Crippen LogP contribution in [-0.2, 0) is 6.42 Å². The molecule has 106 valence electrons. The van der Waals surface area contributed by atoms with Gasteiger partial charge in [0.15, 0.2) is 0 Å². The second kappa shape index (κ2) is 6.48. The molecule has 1 unspecified atom stereocenters. The summed E-state index contributed by atoms with van der Waals surface area (Å²) in [5.41, 5.74) is 1.12. The highest BCUT2D eigenvalue weighted by Gasteiger charge is 2.18. The van der Waals surface area contributed by atoms with E-state index in [9.17, 15) is 10.1 Å². The third-order valence-electron chi connectivity index (χ3n) is 2.96. The highest BCUT2D eigenvalue weighted by atomic mass is 16.6. The Morgan fingerprint density at radius 3 is 2.76 bits per heavy atom. The van der Waals surface area contributed by atoms with Crippen molar-refractivity contribution in [2.75, 3.05) is 5.32 Å². The summed E-state index contributed by atoms with van der Waals surface area (Å²) >= 11 is 0. The first-order valence-corrected chi connectivity index (χ1v) is 6.45. The van der Waals surface area contributed by atoms with E-state index in [1.54, 1.807) is 0 Å². The quantitative estimate of drug-likeness (QED) is 0.672. The van der Waals surface area contributed by atoms with E-state index in [1.165, 1.54) is 12.3 Å². The first kappa shape index (κ1) is 14.5. The molecular weight excluding hydrogens is 268 g/mol. The molecule has 1 N–H and O–H groups in total. The van der Waals surface area contributed by atoms with Crippen LogP contribution in [0.3, 0.4) is 0 Å². The predicted molar refractivity (Wildman–Crippen MR) is 78.8 cm³/mol. The van der Waals surface area contributed by atoms with Crippen LogP contribution in [0.4, 0.5) is 11.5 Å². The number of nitriles is 1. The third kappa shape index (κ3) is 3.76. The highest BCUT2D eigenvalue weighted by molar-refractivity contribution is 5.58. The van der Waals surface area contributed by atoms with Crippen LogP contribution >= 0.6 is 0 Å². The molecule has 0 amide bonds. The van der Waals surface area contributed by atoms with E-state index in [-0.39, 0.29) is 23.1 Å². The maximum atomic E-state index is 11.0. The molecule has 1 heterocycles. The van der Waals surface area contributed by atoms with Gasteiger partial charge in [0.2, 0.25) is 5.82 Å². The van der Waals surface area contributed by atoms with E-state index in [4.69, 9.17) is 5.26 Å². The number of hydrogen-bond donors (Lipinski definition) is 1. The summed E-state index contributed by atoms with van der Waals surface area (Å²) in [6.45, 7) is 1.93. The van der Waals surface area contributed by atoms with Gasteiger partial charge in [-0.1, -0.05) is 30.3 Å². The lowest BCUT2D eigenvalue weighted by Gasteiger charge is -2.14. The van der Waals surface area contributed by atoms with Gasteiger partial charge in [0.25, 0.3) is 0 Å². The van der Waals surface area contributed by atoms with Gasteiger partial charge in [-0.15, -0.1) is 0 Å². The maximum absolute atomic E-state index is 11.0.